The van der Waals surface area contributed by atoms with E-state index in [9.17, 15) is 9.90 Å². The highest BCUT2D eigenvalue weighted by atomic mass is 32.1. The van der Waals surface area contributed by atoms with Crippen molar-refractivity contribution in [3.63, 3.8) is 0 Å². The average Bonchev–Trinajstić information content (AvgIpc) is 2.90. The quantitative estimate of drug-likeness (QED) is 0.763. The maximum Gasteiger partial charge on any atom is 0.229 e. The Labute approximate surface area is 146 Å². The van der Waals surface area contributed by atoms with E-state index in [1.807, 2.05) is 31.2 Å². The van der Waals surface area contributed by atoms with Gasteiger partial charge in [0.15, 0.2) is 5.13 Å². The Morgan fingerprint density at radius 3 is 2.67 bits per heavy atom. The maximum absolute atomic E-state index is 12.2. The fraction of sp³-hybridized carbons (Fsp3) is 0.444. The second-order valence-electron chi connectivity index (χ2n) is 6.34. The number of hydrogen-bond acceptors (Lipinski definition) is 5. The molecule has 3 N–H and O–H groups in total. The maximum atomic E-state index is 12.2. The van der Waals surface area contributed by atoms with E-state index in [2.05, 4.69) is 15.6 Å². The number of hydrogen-bond donors (Lipinski definition) is 3. The van der Waals surface area contributed by atoms with Gasteiger partial charge in [0, 0.05) is 11.7 Å². The molecule has 128 valence electrons. The lowest BCUT2D eigenvalue weighted by Crippen LogP contribution is -2.21. The number of thiazole rings is 1. The number of nitrogens with one attached hydrogen (secondary N) is 2. The van der Waals surface area contributed by atoms with E-state index in [1.54, 1.807) is 0 Å². The first-order valence-corrected chi connectivity index (χ1v) is 9.23. The van der Waals surface area contributed by atoms with Crippen molar-refractivity contribution in [1.29, 1.82) is 0 Å². The molecule has 1 aromatic carbocycles. The van der Waals surface area contributed by atoms with Crippen LogP contribution in [0.2, 0.25) is 0 Å². The third kappa shape index (κ3) is 4.47. The molecule has 2 aromatic rings. The summed E-state index contributed by atoms with van der Waals surface area (Å²) in [5.74, 6) is -0.195. The van der Waals surface area contributed by atoms with E-state index in [4.69, 9.17) is 0 Å². The molecular weight excluding hydrogens is 322 g/mol. The summed E-state index contributed by atoms with van der Waals surface area (Å²) >= 11 is 1.36. The summed E-state index contributed by atoms with van der Waals surface area (Å²) in [4.78, 5) is 16.9. The molecule has 24 heavy (non-hydrogen) atoms. The number of nitrogens with zero attached hydrogens (tertiary/aromatic N) is 1. The molecule has 0 aliphatic heterocycles. The average molecular weight is 345 g/mol. The van der Waals surface area contributed by atoms with Crippen LogP contribution < -0.4 is 10.6 Å². The van der Waals surface area contributed by atoms with Gasteiger partial charge in [0.2, 0.25) is 11.8 Å². The third-order valence-electron chi connectivity index (χ3n) is 4.27. The lowest BCUT2D eigenvalue weighted by atomic mass is 9.96. The van der Waals surface area contributed by atoms with Gasteiger partial charge in [-0.1, -0.05) is 48.3 Å². The number of carbonyl (C=O) groups is 1. The minimum Gasteiger partial charge on any atom is -0.492 e. The molecule has 1 amide bonds. The molecule has 0 atom stereocenters. The van der Waals surface area contributed by atoms with Crippen LogP contribution in [-0.4, -0.2) is 22.0 Å². The number of aryl methyl sites for hydroxylation is 1. The Bertz CT molecular complexity index is 691. The van der Waals surface area contributed by atoms with Gasteiger partial charge in [0.1, 0.15) is 0 Å². The van der Waals surface area contributed by atoms with Crippen LogP contribution in [0.5, 0.6) is 5.88 Å². The summed E-state index contributed by atoms with van der Waals surface area (Å²) in [5.41, 5.74) is 1.90. The smallest absolute Gasteiger partial charge is 0.229 e. The van der Waals surface area contributed by atoms with E-state index in [0.29, 0.717) is 16.1 Å². The van der Waals surface area contributed by atoms with Crippen LogP contribution in [0.1, 0.15) is 42.5 Å². The zero-order valence-corrected chi connectivity index (χ0v) is 14.7. The molecule has 1 aliphatic rings. The molecule has 0 bridgehead atoms. The number of benzene rings is 1. The van der Waals surface area contributed by atoms with Crippen molar-refractivity contribution < 1.29 is 9.90 Å². The van der Waals surface area contributed by atoms with Gasteiger partial charge in [-0.25, -0.2) is 0 Å². The molecular formula is C18H23N3O2S. The van der Waals surface area contributed by atoms with Crippen LogP contribution in [0.25, 0.3) is 0 Å². The Hall–Kier alpha value is -2.08. The Morgan fingerprint density at radius 2 is 1.96 bits per heavy atom. The van der Waals surface area contributed by atoms with E-state index in [0.717, 1.165) is 24.1 Å². The predicted molar refractivity (Wildman–Crippen MR) is 97.8 cm³/mol. The number of aromatic hydroxyl groups is 1. The summed E-state index contributed by atoms with van der Waals surface area (Å²) in [5, 5.41) is 16.9. The van der Waals surface area contributed by atoms with Gasteiger partial charge in [-0.2, -0.15) is 4.98 Å². The fourth-order valence-corrected chi connectivity index (χ4v) is 3.86. The summed E-state index contributed by atoms with van der Waals surface area (Å²) < 4.78 is 0. The van der Waals surface area contributed by atoms with Crippen molar-refractivity contribution in [3.8, 4) is 5.88 Å². The topological polar surface area (TPSA) is 74.2 Å². The molecule has 1 saturated carbocycles. The van der Waals surface area contributed by atoms with E-state index in [-0.39, 0.29) is 18.2 Å². The number of amides is 1. The van der Waals surface area contributed by atoms with Crippen LogP contribution in [0, 0.1) is 6.92 Å². The SMILES string of the molecule is Cc1ccc(NC(=O)Cc2sc(NC3CCCCC3)nc2O)cc1. The Balaban J connectivity index is 1.58. The summed E-state index contributed by atoms with van der Waals surface area (Å²) in [6.07, 6.45) is 6.18. The first-order chi connectivity index (χ1) is 11.6. The lowest BCUT2D eigenvalue weighted by Gasteiger charge is -2.22. The molecule has 0 radical (unpaired) electrons. The molecule has 3 rings (SSSR count). The zero-order valence-electron chi connectivity index (χ0n) is 13.8. The monoisotopic (exact) mass is 345 g/mol. The largest absolute Gasteiger partial charge is 0.492 e. The predicted octanol–water partition coefficient (Wildman–Crippen LogP) is 4.08. The number of aromatic nitrogens is 1. The van der Waals surface area contributed by atoms with Gasteiger partial charge < -0.3 is 15.7 Å². The molecule has 1 aliphatic carbocycles. The van der Waals surface area contributed by atoms with Gasteiger partial charge >= 0.3 is 0 Å². The standard InChI is InChI=1S/C18H23N3O2S/c1-12-7-9-14(10-8-12)19-16(22)11-15-17(23)21-18(24-15)20-13-5-3-2-4-6-13/h7-10,13,23H,2-6,11H2,1H3,(H,19,22)(H,20,21). The molecule has 1 heterocycles. The van der Waals surface area contributed by atoms with Gasteiger partial charge in [-0.3, -0.25) is 4.79 Å². The van der Waals surface area contributed by atoms with Crippen LogP contribution in [0.4, 0.5) is 10.8 Å². The summed E-state index contributed by atoms with van der Waals surface area (Å²) in [6.45, 7) is 2.00. The molecule has 1 aromatic heterocycles. The second kappa shape index (κ2) is 7.66. The Kier molecular flexibility index (Phi) is 5.35. The third-order valence-corrected chi connectivity index (χ3v) is 5.24. The molecule has 5 nitrogen and oxygen atoms in total. The lowest BCUT2D eigenvalue weighted by molar-refractivity contribution is -0.115. The van der Waals surface area contributed by atoms with Crippen LogP contribution in [0.3, 0.4) is 0 Å². The van der Waals surface area contributed by atoms with Gasteiger partial charge in [0.25, 0.3) is 0 Å². The van der Waals surface area contributed by atoms with Crippen molar-refractivity contribution >= 4 is 28.1 Å². The summed E-state index contributed by atoms with van der Waals surface area (Å²) in [6, 6.07) is 8.07. The van der Waals surface area contributed by atoms with Crippen molar-refractivity contribution in [2.24, 2.45) is 0 Å². The highest BCUT2D eigenvalue weighted by molar-refractivity contribution is 7.16. The van der Waals surface area contributed by atoms with Gasteiger partial charge in [-0.05, 0) is 31.9 Å². The molecule has 0 spiro atoms. The summed E-state index contributed by atoms with van der Waals surface area (Å²) in [7, 11) is 0. The van der Waals surface area contributed by atoms with Crippen molar-refractivity contribution in [2.45, 2.75) is 51.5 Å². The van der Waals surface area contributed by atoms with E-state index < -0.39 is 0 Å². The fourth-order valence-electron chi connectivity index (χ4n) is 2.93. The number of anilines is 2. The van der Waals surface area contributed by atoms with Crippen molar-refractivity contribution in [3.05, 3.63) is 34.7 Å². The Morgan fingerprint density at radius 1 is 1.25 bits per heavy atom. The van der Waals surface area contributed by atoms with Crippen LogP contribution >= 0.6 is 11.3 Å². The van der Waals surface area contributed by atoms with Crippen molar-refractivity contribution in [1.82, 2.24) is 4.98 Å². The highest BCUT2D eigenvalue weighted by Crippen LogP contribution is 2.31. The van der Waals surface area contributed by atoms with Crippen LogP contribution in [0.15, 0.2) is 24.3 Å². The van der Waals surface area contributed by atoms with Gasteiger partial charge in [-0.15, -0.1) is 0 Å². The molecule has 6 heteroatoms. The second-order valence-corrected chi connectivity index (χ2v) is 7.42. The molecule has 1 fully saturated rings. The van der Waals surface area contributed by atoms with Crippen molar-refractivity contribution in [2.75, 3.05) is 10.6 Å². The molecule has 0 saturated heterocycles. The van der Waals surface area contributed by atoms with Gasteiger partial charge in [0.05, 0.1) is 11.3 Å². The van der Waals surface area contributed by atoms with E-state index >= 15 is 0 Å². The zero-order chi connectivity index (χ0) is 16.9. The van der Waals surface area contributed by atoms with Crippen LogP contribution in [-0.2, 0) is 11.2 Å². The number of carbonyl (C=O) groups excluding carboxylic acids is 1. The minimum absolute atomic E-state index is 0.0441. The first kappa shape index (κ1) is 16.8. The molecule has 0 unspecified atom stereocenters. The van der Waals surface area contributed by atoms with E-state index in [1.165, 1.54) is 30.6 Å². The number of rotatable bonds is 5. The highest BCUT2D eigenvalue weighted by Gasteiger charge is 2.18. The first-order valence-electron chi connectivity index (χ1n) is 8.42. The normalized spacial score (nSPS) is 15.2. The minimum atomic E-state index is -0.151.